The molecule has 0 aromatic heterocycles. The van der Waals surface area contributed by atoms with Crippen molar-refractivity contribution in [2.24, 2.45) is 11.3 Å². The molecule has 68 valence electrons. The van der Waals surface area contributed by atoms with E-state index in [2.05, 4.69) is 32.2 Å². The molecule has 0 spiro atoms. The average molecular weight is 164 g/mol. The Labute approximate surface area is 76.4 Å². The highest BCUT2D eigenvalue weighted by Gasteiger charge is 2.28. The first-order valence-electron chi connectivity index (χ1n) is 5.00. The predicted molar refractivity (Wildman–Crippen MR) is 55.1 cm³/mol. The SMILES string of the molecule is C=CC(C)(C=C)C1CCCCC1. The summed E-state index contributed by atoms with van der Waals surface area (Å²) in [6.45, 7) is 10.1. The molecule has 1 aliphatic carbocycles. The van der Waals surface area contributed by atoms with Crippen molar-refractivity contribution in [2.75, 3.05) is 0 Å². The predicted octanol–water partition coefficient (Wildman–Crippen LogP) is 3.95. The number of hydrogen-bond donors (Lipinski definition) is 0. The van der Waals surface area contributed by atoms with Gasteiger partial charge >= 0.3 is 0 Å². The van der Waals surface area contributed by atoms with Gasteiger partial charge in [-0.05, 0) is 18.8 Å². The molecule has 0 aliphatic heterocycles. The van der Waals surface area contributed by atoms with Crippen molar-refractivity contribution in [3.8, 4) is 0 Å². The third-order valence-corrected chi connectivity index (χ3v) is 3.36. The van der Waals surface area contributed by atoms with E-state index in [0.717, 1.165) is 5.92 Å². The van der Waals surface area contributed by atoms with Crippen molar-refractivity contribution < 1.29 is 0 Å². The van der Waals surface area contributed by atoms with Crippen molar-refractivity contribution in [1.82, 2.24) is 0 Å². The van der Waals surface area contributed by atoms with E-state index in [1.165, 1.54) is 32.1 Å². The van der Waals surface area contributed by atoms with E-state index in [1.54, 1.807) is 0 Å². The molecule has 0 nitrogen and oxygen atoms in total. The molecular weight excluding hydrogens is 144 g/mol. The Morgan fingerprint density at radius 2 is 1.58 bits per heavy atom. The van der Waals surface area contributed by atoms with Crippen LogP contribution >= 0.6 is 0 Å². The van der Waals surface area contributed by atoms with Crippen molar-refractivity contribution in [2.45, 2.75) is 39.0 Å². The van der Waals surface area contributed by atoms with E-state index in [4.69, 9.17) is 0 Å². The van der Waals surface area contributed by atoms with E-state index in [0.29, 0.717) is 0 Å². The van der Waals surface area contributed by atoms with Gasteiger partial charge < -0.3 is 0 Å². The molecule has 1 rings (SSSR count). The zero-order valence-corrected chi connectivity index (χ0v) is 8.18. The second-order valence-electron chi connectivity index (χ2n) is 4.11. The van der Waals surface area contributed by atoms with Crippen LogP contribution in [0.25, 0.3) is 0 Å². The minimum atomic E-state index is 0.181. The number of hydrogen-bond acceptors (Lipinski definition) is 0. The van der Waals surface area contributed by atoms with Crippen molar-refractivity contribution >= 4 is 0 Å². The lowest BCUT2D eigenvalue weighted by Crippen LogP contribution is -2.24. The molecule has 12 heavy (non-hydrogen) atoms. The smallest absolute Gasteiger partial charge is 0.00556 e. The van der Waals surface area contributed by atoms with Crippen LogP contribution in [0.15, 0.2) is 25.3 Å². The monoisotopic (exact) mass is 164 g/mol. The first kappa shape index (κ1) is 9.57. The quantitative estimate of drug-likeness (QED) is 0.554. The molecule has 0 aromatic rings. The first-order chi connectivity index (χ1) is 5.73. The van der Waals surface area contributed by atoms with E-state index < -0.39 is 0 Å². The molecule has 1 aliphatic rings. The minimum Gasteiger partial charge on any atom is -0.102 e. The summed E-state index contributed by atoms with van der Waals surface area (Å²) in [4.78, 5) is 0. The van der Waals surface area contributed by atoms with Gasteiger partial charge in [0.05, 0.1) is 0 Å². The molecule has 0 heteroatoms. The maximum Gasteiger partial charge on any atom is 0.00556 e. The van der Waals surface area contributed by atoms with Crippen LogP contribution < -0.4 is 0 Å². The fourth-order valence-corrected chi connectivity index (χ4v) is 2.14. The average Bonchev–Trinajstić information content (AvgIpc) is 2.18. The molecule has 0 heterocycles. The Hall–Kier alpha value is -0.520. The van der Waals surface area contributed by atoms with Gasteiger partial charge in [0.25, 0.3) is 0 Å². The molecule has 0 bridgehead atoms. The Balaban J connectivity index is 2.63. The zero-order valence-electron chi connectivity index (χ0n) is 8.18. The van der Waals surface area contributed by atoms with Gasteiger partial charge in [-0.3, -0.25) is 0 Å². The summed E-state index contributed by atoms with van der Waals surface area (Å²) < 4.78 is 0. The summed E-state index contributed by atoms with van der Waals surface area (Å²) >= 11 is 0. The number of rotatable bonds is 3. The Morgan fingerprint density at radius 3 is 2.00 bits per heavy atom. The molecule has 0 saturated heterocycles. The Morgan fingerprint density at radius 1 is 1.08 bits per heavy atom. The van der Waals surface area contributed by atoms with Gasteiger partial charge in [-0.2, -0.15) is 0 Å². The van der Waals surface area contributed by atoms with Gasteiger partial charge in [0.15, 0.2) is 0 Å². The van der Waals surface area contributed by atoms with Gasteiger partial charge in [0.1, 0.15) is 0 Å². The molecule has 0 N–H and O–H groups in total. The lowest BCUT2D eigenvalue weighted by atomic mass is 9.70. The maximum absolute atomic E-state index is 3.91. The fourth-order valence-electron chi connectivity index (χ4n) is 2.14. The van der Waals surface area contributed by atoms with Gasteiger partial charge in [-0.25, -0.2) is 0 Å². The third-order valence-electron chi connectivity index (χ3n) is 3.36. The third kappa shape index (κ3) is 1.80. The standard InChI is InChI=1S/C12H20/c1-4-12(3,5-2)11-9-7-6-8-10-11/h4-5,11H,1-2,6-10H2,3H3. The first-order valence-corrected chi connectivity index (χ1v) is 5.00. The van der Waals surface area contributed by atoms with Crippen LogP contribution in [0.3, 0.4) is 0 Å². The van der Waals surface area contributed by atoms with Crippen LogP contribution in [-0.2, 0) is 0 Å². The van der Waals surface area contributed by atoms with Gasteiger partial charge in [0.2, 0.25) is 0 Å². The second-order valence-corrected chi connectivity index (χ2v) is 4.11. The summed E-state index contributed by atoms with van der Waals surface area (Å²) in [7, 11) is 0. The molecule has 0 unspecified atom stereocenters. The summed E-state index contributed by atoms with van der Waals surface area (Å²) in [6, 6.07) is 0. The molecule has 0 atom stereocenters. The van der Waals surface area contributed by atoms with Crippen LogP contribution in [0.1, 0.15) is 39.0 Å². The molecule has 0 aromatic carbocycles. The Bertz CT molecular complexity index is 153. The Kier molecular flexibility index (Phi) is 3.13. The fraction of sp³-hybridized carbons (Fsp3) is 0.667. The van der Waals surface area contributed by atoms with E-state index in [9.17, 15) is 0 Å². The lowest BCUT2D eigenvalue weighted by molar-refractivity contribution is 0.239. The molecule has 1 saturated carbocycles. The second kappa shape index (κ2) is 3.93. The molecule has 1 fully saturated rings. The van der Waals surface area contributed by atoms with Gasteiger partial charge in [-0.1, -0.05) is 38.3 Å². The normalized spacial score (nSPS) is 20.4. The summed E-state index contributed by atoms with van der Waals surface area (Å²) in [5.41, 5.74) is 0.181. The minimum absolute atomic E-state index is 0.181. The van der Waals surface area contributed by atoms with E-state index in [1.807, 2.05) is 0 Å². The van der Waals surface area contributed by atoms with E-state index in [-0.39, 0.29) is 5.41 Å². The van der Waals surface area contributed by atoms with E-state index >= 15 is 0 Å². The summed E-state index contributed by atoms with van der Waals surface area (Å²) in [6.07, 6.45) is 11.0. The van der Waals surface area contributed by atoms with Crippen molar-refractivity contribution in [3.05, 3.63) is 25.3 Å². The van der Waals surface area contributed by atoms with Crippen LogP contribution in [0, 0.1) is 11.3 Å². The summed E-state index contributed by atoms with van der Waals surface area (Å²) in [5, 5.41) is 0. The highest BCUT2D eigenvalue weighted by Crippen LogP contribution is 2.39. The van der Waals surface area contributed by atoms with Crippen LogP contribution in [0.4, 0.5) is 0 Å². The van der Waals surface area contributed by atoms with Crippen molar-refractivity contribution in [1.29, 1.82) is 0 Å². The highest BCUT2D eigenvalue weighted by molar-refractivity contribution is 5.07. The van der Waals surface area contributed by atoms with Gasteiger partial charge in [-0.15, -0.1) is 13.2 Å². The van der Waals surface area contributed by atoms with Crippen LogP contribution in [-0.4, -0.2) is 0 Å². The van der Waals surface area contributed by atoms with Crippen LogP contribution in [0.2, 0.25) is 0 Å². The van der Waals surface area contributed by atoms with Crippen molar-refractivity contribution in [3.63, 3.8) is 0 Å². The maximum atomic E-state index is 3.91. The molecular formula is C12H20. The lowest BCUT2D eigenvalue weighted by Gasteiger charge is -2.35. The zero-order chi connectivity index (χ0) is 9.03. The van der Waals surface area contributed by atoms with Gasteiger partial charge in [0, 0.05) is 5.41 Å². The topological polar surface area (TPSA) is 0 Å². The highest BCUT2D eigenvalue weighted by atomic mass is 14.3. The largest absolute Gasteiger partial charge is 0.102 e. The summed E-state index contributed by atoms with van der Waals surface area (Å²) in [5.74, 6) is 0.793. The van der Waals surface area contributed by atoms with Crippen LogP contribution in [0.5, 0.6) is 0 Å². The number of allylic oxidation sites excluding steroid dienone is 2. The molecule has 0 radical (unpaired) electrons. The molecule has 0 amide bonds.